The molecule has 0 aromatic rings. The average Bonchev–Trinajstić information content (AvgIpc) is 2.90. The predicted molar refractivity (Wildman–Crippen MR) is 100 cm³/mol. The predicted octanol–water partition coefficient (Wildman–Crippen LogP) is 5.38. The fourth-order valence-electron chi connectivity index (χ4n) is 7.14. The summed E-state index contributed by atoms with van der Waals surface area (Å²) in [4.78, 5) is 18.0. The molecule has 0 N–H and O–H groups in total. The highest BCUT2D eigenvalue weighted by Crippen LogP contribution is 2.65. The van der Waals surface area contributed by atoms with Crippen LogP contribution in [0.1, 0.15) is 85.0 Å². The van der Waals surface area contributed by atoms with Crippen molar-refractivity contribution in [3.05, 3.63) is 0 Å². The van der Waals surface area contributed by atoms with Crippen LogP contribution >= 0.6 is 0 Å². The summed E-state index contributed by atoms with van der Waals surface area (Å²) in [6, 6.07) is 0. The van der Waals surface area contributed by atoms with Gasteiger partial charge >= 0.3 is 0 Å². The summed E-state index contributed by atoms with van der Waals surface area (Å²) >= 11 is 0. The molecule has 0 bridgehead atoms. The molecular weight excluding hydrogens is 310 g/mol. The largest absolute Gasteiger partial charge is 0.396 e. The molecule has 4 aliphatic rings. The van der Waals surface area contributed by atoms with Gasteiger partial charge in [-0.1, -0.05) is 25.9 Å². The molecule has 3 nitrogen and oxygen atoms in total. The molecule has 0 aromatic carbocycles. The van der Waals surface area contributed by atoms with Crippen molar-refractivity contribution >= 4 is 11.5 Å². The monoisotopic (exact) mass is 345 g/mol. The van der Waals surface area contributed by atoms with Crippen molar-refractivity contribution in [2.24, 2.45) is 39.7 Å². The van der Waals surface area contributed by atoms with Gasteiger partial charge in [0, 0.05) is 11.8 Å². The first-order valence-corrected chi connectivity index (χ1v) is 10.7. The summed E-state index contributed by atoms with van der Waals surface area (Å²) in [6.07, 6.45) is 11.6. The van der Waals surface area contributed by atoms with Crippen molar-refractivity contribution in [3.63, 3.8) is 0 Å². The Kier molecular flexibility index (Phi) is 4.48. The SMILES string of the molecule is CCCO/N=C1/CC[C@@]2(C)C(CCC3C2CC[C@]2(C)C(=O)CCC32)C1. The molecule has 140 valence electrons. The van der Waals surface area contributed by atoms with Gasteiger partial charge in [-0.05, 0) is 86.9 Å². The lowest BCUT2D eigenvalue weighted by atomic mass is 9.45. The van der Waals surface area contributed by atoms with Crippen molar-refractivity contribution in [1.29, 1.82) is 0 Å². The molecule has 0 aliphatic heterocycles. The van der Waals surface area contributed by atoms with E-state index in [0.29, 0.717) is 17.1 Å². The van der Waals surface area contributed by atoms with E-state index >= 15 is 0 Å². The molecule has 25 heavy (non-hydrogen) atoms. The molecule has 0 saturated heterocycles. The van der Waals surface area contributed by atoms with Gasteiger partial charge in [0.2, 0.25) is 0 Å². The number of fused-ring (bicyclic) bond motifs is 5. The lowest BCUT2D eigenvalue weighted by Crippen LogP contribution is -2.53. The third-order valence-electron chi connectivity index (χ3n) is 8.70. The average molecular weight is 346 g/mol. The second-order valence-electron chi connectivity index (χ2n) is 9.77. The number of hydrogen-bond acceptors (Lipinski definition) is 3. The Labute approximate surface area is 153 Å². The zero-order valence-electron chi connectivity index (χ0n) is 16.4. The Morgan fingerprint density at radius 3 is 2.72 bits per heavy atom. The summed E-state index contributed by atoms with van der Waals surface area (Å²) in [5, 5.41) is 4.45. The number of nitrogens with zero attached hydrogens (tertiary/aromatic N) is 1. The smallest absolute Gasteiger partial charge is 0.139 e. The quantitative estimate of drug-likeness (QED) is 0.509. The van der Waals surface area contributed by atoms with Crippen LogP contribution in [0.15, 0.2) is 5.16 Å². The second-order valence-corrected chi connectivity index (χ2v) is 9.77. The van der Waals surface area contributed by atoms with Crippen molar-refractivity contribution in [2.75, 3.05) is 6.61 Å². The summed E-state index contributed by atoms with van der Waals surface area (Å²) in [7, 11) is 0. The van der Waals surface area contributed by atoms with E-state index in [1.54, 1.807) is 0 Å². The van der Waals surface area contributed by atoms with Crippen LogP contribution in [0, 0.1) is 34.5 Å². The van der Waals surface area contributed by atoms with Gasteiger partial charge in [-0.15, -0.1) is 0 Å². The molecule has 0 heterocycles. The summed E-state index contributed by atoms with van der Waals surface area (Å²) in [6.45, 7) is 7.72. The van der Waals surface area contributed by atoms with Crippen LogP contribution in [0.25, 0.3) is 0 Å². The van der Waals surface area contributed by atoms with Crippen molar-refractivity contribution in [2.45, 2.75) is 85.0 Å². The number of rotatable bonds is 3. The van der Waals surface area contributed by atoms with Gasteiger partial charge in [0.1, 0.15) is 12.4 Å². The highest BCUT2D eigenvalue weighted by atomic mass is 16.6. The fraction of sp³-hybridized carbons (Fsp3) is 0.909. The van der Waals surface area contributed by atoms with Crippen molar-refractivity contribution in [1.82, 2.24) is 0 Å². The number of Topliss-reactive ketones (excluding diaryl/α,β-unsaturated/α-hetero) is 1. The van der Waals surface area contributed by atoms with Gasteiger partial charge in [-0.2, -0.15) is 0 Å². The number of carbonyl (C=O) groups excluding carboxylic acids is 1. The maximum absolute atomic E-state index is 12.5. The van der Waals surface area contributed by atoms with Crippen LogP contribution in [0.3, 0.4) is 0 Å². The van der Waals surface area contributed by atoms with Crippen LogP contribution in [0.4, 0.5) is 0 Å². The van der Waals surface area contributed by atoms with Gasteiger partial charge in [0.05, 0.1) is 5.71 Å². The van der Waals surface area contributed by atoms with E-state index in [0.717, 1.165) is 62.9 Å². The first-order valence-electron chi connectivity index (χ1n) is 10.7. The van der Waals surface area contributed by atoms with Crippen molar-refractivity contribution in [3.8, 4) is 0 Å². The molecule has 4 fully saturated rings. The normalized spacial score (nSPS) is 48.0. The molecule has 3 heteroatoms. The molecule has 0 spiro atoms. The third kappa shape index (κ3) is 2.68. The molecule has 4 unspecified atom stereocenters. The van der Waals surface area contributed by atoms with E-state index < -0.39 is 0 Å². The maximum atomic E-state index is 12.5. The maximum Gasteiger partial charge on any atom is 0.139 e. The Balaban J connectivity index is 1.51. The lowest BCUT2D eigenvalue weighted by molar-refractivity contribution is -0.137. The van der Waals surface area contributed by atoms with Crippen LogP contribution in [0.5, 0.6) is 0 Å². The Morgan fingerprint density at radius 2 is 1.92 bits per heavy atom. The zero-order valence-corrected chi connectivity index (χ0v) is 16.4. The van der Waals surface area contributed by atoms with Gasteiger partial charge in [0.25, 0.3) is 0 Å². The zero-order chi connectivity index (χ0) is 17.7. The summed E-state index contributed by atoms with van der Waals surface area (Å²) < 4.78 is 0. The Bertz CT molecular complexity index is 570. The minimum absolute atomic E-state index is 0.0135. The van der Waals surface area contributed by atoms with E-state index in [9.17, 15) is 4.79 Å². The van der Waals surface area contributed by atoms with Gasteiger partial charge in [-0.3, -0.25) is 4.79 Å². The molecule has 0 amide bonds. The molecular formula is C22H35NO2. The van der Waals surface area contributed by atoms with Gasteiger partial charge < -0.3 is 4.84 Å². The van der Waals surface area contributed by atoms with Crippen molar-refractivity contribution < 1.29 is 9.63 Å². The molecule has 6 atom stereocenters. The molecule has 0 aromatic heterocycles. The Morgan fingerprint density at radius 1 is 1.08 bits per heavy atom. The van der Waals surface area contributed by atoms with E-state index in [1.165, 1.54) is 31.4 Å². The lowest BCUT2D eigenvalue weighted by Gasteiger charge is -2.59. The Hall–Kier alpha value is -0.860. The number of hydrogen-bond donors (Lipinski definition) is 0. The van der Waals surface area contributed by atoms with Crippen LogP contribution in [0.2, 0.25) is 0 Å². The van der Waals surface area contributed by atoms with E-state index in [-0.39, 0.29) is 5.41 Å². The highest BCUT2D eigenvalue weighted by Gasteiger charge is 2.59. The number of carbonyl (C=O) groups is 1. The highest BCUT2D eigenvalue weighted by molar-refractivity contribution is 5.87. The van der Waals surface area contributed by atoms with Crippen LogP contribution in [-0.4, -0.2) is 18.1 Å². The second kappa shape index (κ2) is 6.39. The minimum atomic E-state index is 0.0135. The van der Waals surface area contributed by atoms with E-state index in [4.69, 9.17) is 4.84 Å². The van der Waals surface area contributed by atoms with Gasteiger partial charge in [0.15, 0.2) is 0 Å². The summed E-state index contributed by atoms with van der Waals surface area (Å²) in [5.41, 5.74) is 1.77. The third-order valence-corrected chi connectivity index (χ3v) is 8.70. The number of ketones is 1. The van der Waals surface area contributed by atoms with E-state index in [2.05, 4.69) is 25.9 Å². The van der Waals surface area contributed by atoms with Crippen LogP contribution < -0.4 is 0 Å². The summed E-state index contributed by atoms with van der Waals surface area (Å²) in [5.74, 6) is 3.62. The fourth-order valence-corrected chi connectivity index (χ4v) is 7.14. The van der Waals surface area contributed by atoms with Gasteiger partial charge in [-0.25, -0.2) is 0 Å². The first-order chi connectivity index (χ1) is 12.0. The molecule has 4 aliphatic carbocycles. The topological polar surface area (TPSA) is 38.7 Å². The molecule has 4 saturated carbocycles. The molecule has 4 rings (SSSR count). The van der Waals surface area contributed by atoms with E-state index in [1.807, 2.05) is 0 Å². The first kappa shape index (κ1) is 17.5. The number of oxime groups is 1. The minimum Gasteiger partial charge on any atom is -0.396 e. The van der Waals surface area contributed by atoms with Crippen LogP contribution in [-0.2, 0) is 9.63 Å². The molecule has 0 radical (unpaired) electrons. The standard InChI is InChI=1S/C22H35NO2/c1-4-13-25-23-16-9-11-21(2)15(14-16)5-6-17-18-7-8-20(24)22(18,3)12-10-19(17)21/h15,17-19H,4-14H2,1-3H3/b23-16-/t15?,17?,18?,19?,21-,22-/m0/s1.